The summed E-state index contributed by atoms with van der Waals surface area (Å²) >= 11 is 5.85. The Morgan fingerprint density at radius 3 is 2.75 bits per heavy atom. The van der Waals surface area contributed by atoms with Gasteiger partial charge in [-0.1, -0.05) is 11.6 Å². The largest absolute Gasteiger partial charge is 0.482 e. The zero-order valence-electron chi connectivity index (χ0n) is 15.0. The van der Waals surface area contributed by atoms with E-state index in [1.54, 1.807) is 6.07 Å². The Labute approximate surface area is 166 Å². The highest BCUT2D eigenvalue weighted by atomic mass is 35.5. The minimum atomic E-state index is -0.735. The highest BCUT2D eigenvalue weighted by Gasteiger charge is 2.19. The zero-order valence-corrected chi connectivity index (χ0v) is 15.8. The Hall–Kier alpha value is -2.99. The first-order valence-corrected chi connectivity index (χ1v) is 9.36. The second-order valence-corrected chi connectivity index (χ2v) is 7.07. The van der Waals surface area contributed by atoms with Crippen LogP contribution in [0.25, 0.3) is 11.0 Å². The topological polar surface area (TPSA) is 91.8 Å². The molecule has 0 spiro atoms. The average molecular weight is 400 g/mol. The molecule has 0 atom stereocenters. The third-order valence-corrected chi connectivity index (χ3v) is 4.95. The molecule has 1 heterocycles. The first-order chi connectivity index (χ1) is 13.5. The van der Waals surface area contributed by atoms with Crippen molar-refractivity contribution in [2.75, 3.05) is 6.61 Å². The lowest BCUT2D eigenvalue weighted by Gasteiger charge is -2.10. The molecule has 28 heavy (non-hydrogen) atoms. The molecular weight excluding hydrogens is 382 g/mol. The highest BCUT2D eigenvalue weighted by Crippen LogP contribution is 2.34. The van der Waals surface area contributed by atoms with E-state index in [9.17, 15) is 9.59 Å². The minimum Gasteiger partial charge on any atom is -0.482 e. The van der Waals surface area contributed by atoms with Crippen LogP contribution in [0, 0.1) is 0 Å². The van der Waals surface area contributed by atoms with Crippen LogP contribution >= 0.6 is 11.6 Å². The quantitative estimate of drug-likeness (QED) is 0.516. The van der Waals surface area contributed by atoms with Crippen LogP contribution in [0.15, 0.2) is 40.8 Å². The summed E-state index contributed by atoms with van der Waals surface area (Å²) in [5.41, 5.74) is 7.38. The number of esters is 1. The van der Waals surface area contributed by atoms with Gasteiger partial charge in [0, 0.05) is 22.4 Å². The number of hydrogen-bond donors (Lipinski definition) is 1. The van der Waals surface area contributed by atoms with Crippen molar-refractivity contribution in [1.29, 1.82) is 0 Å². The molecule has 2 aromatic carbocycles. The Bertz CT molecular complexity index is 1070. The van der Waals surface area contributed by atoms with Gasteiger partial charge in [-0.15, -0.1) is 0 Å². The van der Waals surface area contributed by atoms with E-state index in [4.69, 9.17) is 31.2 Å². The van der Waals surface area contributed by atoms with Crippen LogP contribution in [0.5, 0.6) is 11.5 Å². The molecule has 6 nitrogen and oxygen atoms in total. The summed E-state index contributed by atoms with van der Waals surface area (Å²) in [6.07, 6.45) is 4.22. The predicted molar refractivity (Wildman–Crippen MR) is 104 cm³/mol. The lowest BCUT2D eigenvalue weighted by atomic mass is 9.96. The van der Waals surface area contributed by atoms with Gasteiger partial charge in [0.2, 0.25) is 0 Å². The van der Waals surface area contributed by atoms with Crippen molar-refractivity contribution >= 4 is 34.4 Å². The van der Waals surface area contributed by atoms with Crippen LogP contribution in [0.1, 0.15) is 34.5 Å². The van der Waals surface area contributed by atoms with Crippen molar-refractivity contribution in [3.63, 3.8) is 0 Å². The summed E-state index contributed by atoms with van der Waals surface area (Å²) in [7, 11) is 0. The molecule has 1 aromatic heterocycles. The van der Waals surface area contributed by atoms with Gasteiger partial charge in [-0.3, -0.25) is 4.79 Å². The predicted octanol–water partition coefficient (Wildman–Crippen LogP) is 4.05. The van der Waals surface area contributed by atoms with E-state index >= 15 is 0 Å². The van der Waals surface area contributed by atoms with E-state index in [1.165, 1.54) is 23.8 Å². The monoisotopic (exact) mass is 399 g/mol. The van der Waals surface area contributed by atoms with E-state index in [2.05, 4.69) is 0 Å². The molecule has 4 rings (SSSR count). The summed E-state index contributed by atoms with van der Waals surface area (Å²) < 4.78 is 16.7. The molecule has 1 aliphatic rings. The number of rotatable bonds is 5. The second kappa shape index (κ2) is 7.56. The summed E-state index contributed by atoms with van der Waals surface area (Å²) in [5, 5.41) is 1.34. The van der Waals surface area contributed by atoms with Crippen LogP contribution in [-0.2, 0) is 17.6 Å². The fourth-order valence-electron chi connectivity index (χ4n) is 3.41. The maximum absolute atomic E-state index is 12.1. The molecule has 2 N–H and O–H groups in total. The van der Waals surface area contributed by atoms with Crippen molar-refractivity contribution in [1.82, 2.24) is 0 Å². The summed E-state index contributed by atoms with van der Waals surface area (Å²) in [5.74, 6) is 0.245. The van der Waals surface area contributed by atoms with Crippen molar-refractivity contribution in [3.8, 4) is 11.5 Å². The third kappa shape index (κ3) is 3.68. The van der Waals surface area contributed by atoms with E-state index in [0.29, 0.717) is 10.8 Å². The Morgan fingerprint density at radius 2 is 1.93 bits per heavy atom. The fraction of sp³-hybridized carbons (Fsp3) is 0.238. The van der Waals surface area contributed by atoms with Crippen molar-refractivity contribution < 1.29 is 23.5 Å². The van der Waals surface area contributed by atoms with Gasteiger partial charge < -0.3 is 19.6 Å². The molecule has 1 amide bonds. The molecule has 7 heteroatoms. The molecule has 144 valence electrons. The minimum absolute atomic E-state index is 0.0345. The first-order valence-electron chi connectivity index (χ1n) is 8.98. The Balaban J connectivity index is 1.46. The smallest absolute Gasteiger partial charge is 0.349 e. The van der Waals surface area contributed by atoms with Gasteiger partial charge in [0.15, 0.2) is 6.61 Å². The van der Waals surface area contributed by atoms with Crippen LogP contribution in [0.3, 0.4) is 0 Å². The van der Waals surface area contributed by atoms with Gasteiger partial charge in [0.1, 0.15) is 22.8 Å². The Kier molecular flexibility index (Phi) is 4.96. The van der Waals surface area contributed by atoms with Crippen LogP contribution in [0.4, 0.5) is 0 Å². The number of hydrogen-bond acceptors (Lipinski definition) is 5. The highest BCUT2D eigenvalue weighted by molar-refractivity contribution is 6.31. The van der Waals surface area contributed by atoms with E-state index in [0.717, 1.165) is 42.4 Å². The number of primary amides is 1. The van der Waals surface area contributed by atoms with Crippen molar-refractivity contribution in [3.05, 3.63) is 58.3 Å². The summed E-state index contributed by atoms with van der Waals surface area (Å²) in [6.45, 7) is -0.313. The number of aryl methyl sites for hydroxylation is 2. The van der Waals surface area contributed by atoms with Gasteiger partial charge >= 0.3 is 5.97 Å². The maximum Gasteiger partial charge on any atom is 0.349 e. The van der Waals surface area contributed by atoms with Gasteiger partial charge in [-0.05, 0) is 55.7 Å². The average Bonchev–Trinajstić information content (AvgIpc) is 3.05. The summed E-state index contributed by atoms with van der Waals surface area (Å²) in [4.78, 5) is 23.6. The van der Waals surface area contributed by atoms with Crippen molar-refractivity contribution in [2.45, 2.75) is 25.7 Å². The number of furan rings is 1. The molecule has 0 fully saturated rings. The van der Waals surface area contributed by atoms with Gasteiger partial charge in [0.25, 0.3) is 5.91 Å². The molecule has 3 aromatic rings. The molecule has 0 radical (unpaired) electrons. The van der Waals surface area contributed by atoms with E-state index < -0.39 is 11.9 Å². The lowest BCUT2D eigenvalue weighted by Crippen LogP contribution is -2.20. The van der Waals surface area contributed by atoms with Gasteiger partial charge in [-0.2, -0.15) is 0 Å². The van der Waals surface area contributed by atoms with Crippen LogP contribution < -0.4 is 15.2 Å². The SMILES string of the molecule is NC(=O)c1cc(Cl)ccc1OC(=O)COc1ccc2oc3c(c2c1)CCCC3. The van der Waals surface area contributed by atoms with Gasteiger partial charge in [0.05, 0.1) is 5.56 Å². The number of ether oxygens (including phenoxy) is 2. The standard InChI is InChI=1S/C21H18ClNO5/c22-12-5-7-19(16(9-12)21(23)25)28-20(24)11-26-13-6-8-18-15(10-13)14-3-1-2-4-17(14)27-18/h5-10H,1-4,11H2,(H2,23,25). The van der Waals surface area contributed by atoms with Gasteiger partial charge in [-0.25, -0.2) is 4.79 Å². The van der Waals surface area contributed by atoms with E-state index in [-0.39, 0.29) is 17.9 Å². The van der Waals surface area contributed by atoms with Crippen LogP contribution in [0.2, 0.25) is 5.02 Å². The fourth-order valence-corrected chi connectivity index (χ4v) is 3.58. The normalized spacial score (nSPS) is 13.2. The molecule has 1 aliphatic carbocycles. The van der Waals surface area contributed by atoms with Crippen molar-refractivity contribution in [2.24, 2.45) is 5.73 Å². The second-order valence-electron chi connectivity index (χ2n) is 6.64. The van der Waals surface area contributed by atoms with E-state index in [1.807, 2.05) is 12.1 Å². The number of carbonyl (C=O) groups is 2. The first kappa shape index (κ1) is 18.4. The number of amides is 1. The Morgan fingerprint density at radius 1 is 1.11 bits per heavy atom. The number of carbonyl (C=O) groups excluding carboxylic acids is 2. The molecule has 0 unspecified atom stereocenters. The number of fused-ring (bicyclic) bond motifs is 3. The maximum atomic E-state index is 12.1. The third-order valence-electron chi connectivity index (χ3n) is 4.71. The van der Waals surface area contributed by atoms with Crippen LogP contribution in [-0.4, -0.2) is 18.5 Å². The number of halogens is 1. The lowest BCUT2D eigenvalue weighted by molar-refractivity contribution is -0.136. The molecule has 0 saturated heterocycles. The zero-order chi connectivity index (χ0) is 19.7. The molecular formula is C21H18ClNO5. The summed E-state index contributed by atoms with van der Waals surface area (Å²) in [6, 6.07) is 9.76. The molecule has 0 bridgehead atoms. The number of benzene rings is 2. The number of nitrogens with two attached hydrogens (primary N) is 1. The molecule has 0 saturated carbocycles. The molecule has 0 aliphatic heterocycles.